The molecular weight excluding hydrogens is 274 g/mol. The van der Waals surface area contributed by atoms with Crippen molar-refractivity contribution in [2.45, 2.75) is 26.4 Å². The highest BCUT2D eigenvalue weighted by Crippen LogP contribution is 2.13. The van der Waals surface area contributed by atoms with Gasteiger partial charge in [-0.15, -0.1) is 0 Å². The second-order valence-corrected chi connectivity index (χ2v) is 4.74. The highest BCUT2D eigenvalue weighted by molar-refractivity contribution is 9.10. The van der Waals surface area contributed by atoms with Crippen LogP contribution in [0.25, 0.3) is 0 Å². The van der Waals surface area contributed by atoms with Gasteiger partial charge in [0.05, 0.1) is 6.10 Å². The van der Waals surface area contributed by atoms with Gasteiger partial charge in [0.25, 0.3) is 5.91 Å². The largest absolute Gasteiger partial charge is 0.444 e. The highest BCUT2D eigenvalue weighted by Gasteiger charge is 2.12. The number of hydrogen-bond acceptors (Lipinski definition) is 3. The van der Waals surface area contributed by atoms with Crippen LogP contribution in [0.3, 0.4) is 0 Å². The molecule has 1 amide bonds. The molecule has 0 aliphatic rings. The van der Waals surface area contributed by atoms with Gasteiger partial charge in [-0.1, -0.05) is 13.8 Å². The van der Waals surface area contributed by atoms with Crippen LogP contribution in [0.2, 0.25) is 0 Å². The smallest absolute Gasteiger partial charge is 0.287 e. The standard InChI is InChI=1S/C11H16BrNO3/c1-7(2)8(14)5-6-13-11(15)9-3-4-10(12)16-9/h3-4,7-8,14H,5-6H2,1-2H3,(H,13,15). The van der Waals surface area contributed by atoms with Gasteiger partial charge in [-0.25, -0.2) is 0 Å². The molecule has 0 spiro atoms. The second kappa shape index (κ2) is 6.06. The number of amides is 1. The van der Waals surface area contributed by atoms with Gasteiger partial charge in [0.1, 0.15) is 0 Å². The Balaban J connectivity index is 2.31. The average Bonchev–Trinajstić information content (AvgIpc) is 2.64. The number of nitrogens with one attached hydrogen (secondary N) is 1. The number of aliphatic hydroxyl groups excluding tert-OH is 1. The van der Waals surface area contributed by atoms with Crippen molar-refractivity contribution in [2.24, 2.45) is 5.92 Å². The molecule has 0 aliphatic heterocycles. The molecule has 90 valence electrons. The molecular formula is C11H16BrNO3. The lowest BCUT2D eigenvalue weighted by atomic mass is 10.0. The van der Waals surface area contributed by atoms with Crippen LogP contribution in [0.15, 0.2) is 21.2 Å². The molecule has 0 bridgehead atoms. The predicted molar refractivity (Wildman–Crippen MR) is 64.2 cm³/mol. The van der Waals surface area contributed by atoms with Crippen molar-refractivity contribution in [3.05, 3.63) is 22.6 Å². The number of aliphatic hydroxyl groups is 1. The summed E-state index contributed by atoms with van der Waals surface area (Å²) in [7, 11) is 0. The van der Waals surface area contributed by atoms with E-state index in [1.54, 1.807) is 12.1 Å². The van der Waals surface area contributed by atoms with Gasteiger partial charge in [-0.3, -0.25) is 4.79 Å². The molecule has 5 heteroatoms. The van der Waals surface area contributed by atoms with E-state index < -0.39 is 0 Å². The van der Waals surface area contributed by atoms with E-state index in [2.05, 4.69) is 21.2 Å². The van der Waals surface area contributed by atoms with Crippen LogP contribution in [-0.2, 0) is 0 Å². The maximum absolute atomic E-state index is 11.5. The third-order valence-corrected chi connectivity index (χ3v) is 2.72. The van der Waals surface area contributed by atoms with Gasteiger partial charge in [-0.2, -0.15) is 0 Å². The van der Waals surface area contributed by atoms with Gasteiger partial charge < -0.3 is 14.8 Å². The van der Waals surface area contributed by atoms with Crippen molar-refractivity contribution >= 4 is 21.8 Å². The van der Waals surface area contributed by atoms with Crippen LogP contribution in [0.5, 0.6) is 0 Å². The Morgan fingerprint density at radius 2 is 2.25 bits per heavy atom. The molecule has 4 nitrogen and oxygen atoms in total. The molecule has 1 aromatic heterocycles. The Kier molecular flexibility index (Phi) is 5.02. The summed E-state index contributed by atoms with van der Waals surface area (Å²) in [4.78, 5) is 11.5. The molecule has 2 N–H and O–H groups in total. The molecule has 0 radical (unpaired) electrons. The van der Waals surface area contributed by atoms with Crippen LogP contribution in [0, 0.1) is 5.92 Å². The summed E-state index contributed by atoms with van der Waals surface area (Å²) < 4.78 is 5.62. The molecule has 1 unspecified atom stereocenters. The van der Waals surface area contributed by atoms with E-state index >= 15 is 0 Å². The van der Waals surface area contributed by atoms with Gasteiger partial charge >= 0.3 is 0 Å². The molecule has 0 saturated carbocycles. The van der Waals surface area contributed by atoms with Crippen LogP contribution >= 0.6 is 15.9 Å². The highest BCUT2D eigenvalue weighted by atomic mass is 79.9. The van der Waals surface area contributed by atoms with Crippen molar-refractivity contribution in [3.8, 4) is 0 Å². The predicted octanol–water partition coefficient (Wildman–Crippen LogP) is 2.18. The number of hydrogen-bond donors (Lipinski definition) is 2. The lowest BCUT2D eigenvalue weighted by molar-refractivity contribution is 0.0893. The monoisotopic (exact) mass is 289 g/mol. The molecule has 0 saturated heterocycles. The maximum Gasteiger partial charge on any atom is 0.287 e. The fourth-order valence-electron chi connectivity index (χ4n) is 1.19. The lowest BCUT2D eigenvalue weighted by Gasteiger charge is -2.13. The number of carbonyl (C=O) groups is 1. The van der Waals surface area contributed by atoms with Crippen LogP contribution in [-0.4, -0.2) is 23.7 Å². The molecule has 0 aliphatic carbocycles. The average molecular weight is 290 g/mol. The van der Waals surface area contributed by atoms with Crippen LogP contribution in [0.4, 0.5) is 0 Å². The first-order valence-electron chi connectivity index (χ1n) is 5.22. The zero-order valence-electron chi connectivity index (χ0n) is 9.37. The first kappa shape index (κ1) is 13.3. The molecule has 1 atom stereocenters. The summed E-state index contributed by atoms with van der Waals surface area (Å²) in [5.41, 5.74) is 0. The molecule has 0 aromatic carbocycles. The van der Waals surface area contributed by atoms with Gasteiger partial charge in [0, 0.05) is 6.54 Å². The third-order valence-electron chi connectivity index (χ3n) is 2.29. The summed E-state index contributed by atoms with van der Waals surface area (Å²) >= 11 is 3.12. The Labute approximate surface area is 103 Å². The van der Waals surface area contributed by atoms with E-state index in [0.29, 0.717) is 17.6 Å². The van der Waals surface area contributed by atoms with Crippen molar-refractivity contribution in [1.29, 1.82) is 0 Å². The molecule has 1 aromatic rings. The summed E-state index contributed by atoms with van der Waals surface area (Å²) in [6, 6.07) is 3.26. The van der Waals surface area contributed by atoms with Gasteiger partial charge in [0.2, 0.25) is 0 Å². The quantitative estimate of drug-likeness (QED) is 0.873. The molecule has 1 heterocycles. The van der Waals surface area contributed by atoms with E-state index in [1.165, 1.54) is 0 Å². The van der Waals surface area contributed by atoms with Crippen LogP contribution in [0.1, 0.15) is 30.8 Å². The third kappa shape index (κ3) is 3.98. The summed E-state index contributed by atoms with van der Waals surface area (Å²) in [5, 5.41) is 12.2. The first-order valence-corrected chi connectivity index (χ1v) is 6.01. The second-order valence-electron chi connectivity index (χ2n) is 3.96. The summed E-state index contributed by atoms with van der Waals surface area (Å²) in [5.74, 6) is 0.210. The van der Waals surface area contributed by atoms with Crippen molar-refractivity contribution in [1.82, 2.24) is 5.32 Å². The van der Waals surface area contributed by atoms with E-state index in [-0.39, 0.29) is 23.7 Å². The fourth-order valence-corrected chi connectivity index (χ4v) is 1.50. The maximum atomic E-state index is 11.5. The zero-order chi connectivity index (χ0) is 12.1. The Bertz CT molecular complexity index is 349. The molecule has 0 fully saturated rings. The van der Waals surface area contributed by atoms with Crippen molar-refractivity contribution in [2.75, 3.05) is 6.54 Å². The van der Waals surface area contributed by atoms with Gasteiger partial charge in [-0.05, 0) is 40.4 Å². The number of carbonyl (C=O) groups excluding carboxylic acids is 1. The topological polar surface area (TPSA) is 62.5 Å². The first-order chi connectivity index (χ1) is 7.50. The van der Waals surface area contributed by atoms with Gasteiger partial charge in [0.15, 0.2) is 10.4 Å². The van der Waals surface area contributed by atoms with E-state index in [1.807, 2.05) is 13.8 Å². The minimum Gasteiger partial charge on any atom is -0.444 e. The Hall–Kier alpha value is -0.810. The number of rotatable bonds is 5. The minimum atomic E-state index is -0.386. The SMILES string of the molecule is CC(C)C(O)CCNC(=O)c1ccc(Br)o1. The Morgan fingerprint density at radius 1 is 1.56 bits per heavy atom. The minimum absolute atomic E-state index is 0.203. The van der Waals surface area contributed by atoms with Crippen molar-refractivity contribution in [3.63, 3.8) is 0 Å². The fraction of sp³-hybridized carbons (Fsp3) is 0.545. The Morgan fingerprint density at radius 3 is 2.75 bits per heavy atom. The van der Waals surface area contributed by atoms with E-state index in [9.17, 15) is 9.90 Å². The van der Waals surface area contributed by atoms with Crippen LogP contribution < -0.4 is 5.32 Å². The number of furan rings is 1. The van der Waals surface area contributed by atoms with E-state index in [0.717, 1.165) is 0 Å². The number of halogens is 1. The van der Waals surface area contributed by atoms with E-state index in [4.69, 9.17) is 4.42 Å². The molecule has 16 heavy (non-hydrogen) atoms. The lowest BCUT2D eigenvalue weighted by Crippen LogP contribution is -2.28. The summed E-state index contributed by atoms with van der Waals surface area (Å²) in [6.07, 6.45) is 0.161. The van der Waals surface area contributed by atoms with Crippen molar-refractivity contribution < 1.29 is 14.3 Å². The summed E-state index contributed by atoms with van der Waals surface area (Å²) in [6.45, 7) is 4.32. The molecule has 1 rings (SSSR count). The normalized spacial score (nSPS) is 12.8. The zero-order valence-corrected chi connectivity index (χ0v) is 11.0.